The van der Waals surface area contributed by atoms with Crippen molar-refractivity contribution in [3.05, 3.63) is 0 Å². The van der Waals surface area contributed by atoms with Gasteiger partial charge in [0.1, 0.15) is 0 Å². The molecule has 3 nitrogen and oxygen atoms in total. The Morgan fingerprint density at radius 3 is 2.00 bits per heavy atom. The topological polar surface area (TPSA) is 37.4 Å². The van der Waals surface area contributed by atoms with E-state index >= 15 is 0 Å². The summed E-state index contributed by atoms with van der Waals surface area (Å²) in [4.78, 5) is 0. The van der Waals surface area contributed by atoms with Crippen molar-refractivity contribution >= 4 is 21.6 Å². The second kappa shape index (κ2) is 2.44. The molecule has 0 bridgehead atoms. The maximum atomic E-state index is 10.7. The lowest BCUT2D eigenvalue weighted by atomic mass is 10.6. The SMILES string of the molecule is O=S1(=O)CCN(Cl)CC1. The third-order valence-electron chi connectivity index (χ3n) is 1.29. The van der Waals surface area contributed by atoms with Crippen LogP contribution >= 0.6 is 11.8 Å². The molecule has 0 amide bonds. The Morgan fingerprint density at radius 1 is 1.22 bits per heavy atom. The standard InChI is InChI=1S/C4H8ClNO2S/c5-6-1-3-9(7,8)4-2-6/h1-4H2. The van der Waals surface area contributed by atoms with Crippen LogP contribution in [0.2, 0.25) is 0 Å². The largest absolute Gasteiger partial charge is 0.229 e. The van der Waals surface area contributed by atoms with Crippen LogP contribution in [-0.2, 0) is 9.84 Å². The molecule has 0 aromatic rings. The van der Waals surface area contributed by atoms with Gasteiger partial charge >= 0.3 is 0 Å². The predicted octanol–water partition coefficient (Wildman–Crippen LogP) is -0.129. The fourth-order valence-electron chi connectivity index (χ4n) is 0.690. The van der Waals surface area contributed by atoms with Gasteiger partial charge in [0, 0.05) is 13.1 Å². The molecule has 1 aliphatic heterocycles. The molecule has 0 N–H and O–H groups in total. The van der Waals surface area contributed by atoms with E-state index in [2.05, 4.69) is 0 Å². The lowest BCUT2D eigenvalue weighted by Gasteiger charge is -2.18. The minimum absolute atomic E-state index is 0.205. The van der Waals surface area contributed by atoms with Crippen LogP contribution in [-0.4, -0.2) is 37.4 Å². The van der Waals surface area contributed by atoms with Crippen LogP contribution in [0.15, 0.2) is 0 Å². The van der Waals surface area contributed by atoms with Crippen molar-refractivity contribution in [3.8, 4) is 0 Å². The molecule has 0 radical (unpaired) electrons. The Hall–Kier alpha value is 0.200. The quantitative estimate of drug-likeness (QED) is 0.475. The number of halogens is 1. The van der Waals surface area contributed by atoms with Crippen LogP contribution in [0.25, 0.3) is 0 Å². The molecule has 1 rings (SSSR count). The molecule has 0 atom stereocenters. The van der Waals surface area contributed by atoms with Crippen molar-refractivity contribution < 1.29 is 8.42 Å². The summed E-state index contributed by atoms with van der Waals surface area (Å²) in [6.07, 6.45) is 0. The maximum Gasteiger partial charge on any atom is 0.152 e. The van der Waals surface area contributed by atoms with E-state index in [9.17, 15) is 8.42 Å². The van der Waals surface area contributed by atoms with Crippen LogP contribution in [0.1, 0.15) is 0 Å². The van der Waals surface area contributed by atoms with Gasteiger partial charge in [-0.2, -0.15) is 0 Å². The first kappa shape index (κ1) is 7.31. The van der Waals surface area contributed by atoms with Gasteiger partial charge in [-0.15, -0.1) is 0 Å². The van der Waals surface area contributed by atoms with E-state index in [1.807, 2.05) is 0 Å². The van der Waals surface area contributed by atoms with E-state index in [1.165, 1.54) is 4.42 Å². The van der Waals surface area contributed by atoms with E-state index in [4.69, 9.17) is 11.8 Å². The van der Waals surface area contributed by atoms with Crippen molar-refractivity contribution in [3.63, 3.8) is 0 Å². The molecule has 0 aromatic carbocycles. The number of rotatable bonds is 0. The average Bonchev–Trinajstić information content (AvgIpc) is 1.78. The zero-order chi connectivity index (χ0) is 6.91. The summed E-state index contributed by atoms with van der Waals surface area (Å²) in [6, 6.07) is 0. The van der Waals surface area contributed by atoms with Crippen LogP contribution in [0.3, 0.4) is 0 Å². The fraction of sp³-hybridized carbons (Fsp3) is 1.00. The lowest BCUT2D eigenvalue weighted by Crippen LogP contribution is -2.34. The van der Waals surface area contributed by atoms with E-state index in [0.717, 1.165) is 0 Å². The molecule has 0 spiro atoms. The molecule has 0 aliphatic carbocycles. The average molecular weight is 170 g/mol. The third-order valence-corrected chi connectivity index (χ3v) is 3.24. The Balaban J connectivity index is 2.55. The van der Waals surface area contributed by atoms with Gasteiger partial charge in [0.15, 0.2) is 9.84 Å². The normalized spacial score (nSPS) is 28.1. The molecular weight excluding hydrogens is 162 g/mol. The van der Waals surface area contributed by atoms with Gasteiger partial charge in [-0.3, -0.25) is 0 Å². The molecule has 0 aromatic heterocycles. The van der Waals surface area contributed by atoms with Crippen LogP contribution in [0, 0.1) is 0 Å². The highest BCUT2D eigenvalue weighted by molar-refractivity contribution is 7.91. The van der Waals surface area contributed by atoms with E-state index in [0.29, 0.717) is 13.1 Å². The molecule has 1 fully saturated rings. The van der Waals surface area contributed by atoms with Gasteiger partial charge in [-0.25, -0.2) is 12.8 Å². The Morgan fingerprint density at radius 2 is 1.67 bits per heavy atom. The van der Waals surface area contributed by atoms with Gasteiger partial charge < -0.3 is 0 Å². The van der Waals surface area contributed by atoms with Crippen LogP contribution in [0.5, 0.6) is 0 Å². The highest BCUT2D eigenvalue weighted by Gasteiger charge is 2.19. The maximum absolute atomic E-state index is 10.7. The number of sulfone groups is 1. The lowest BCUT2D eigenvalue weighted by molar-refractivity contribution is 0.476. The highest BCUT2D eigenvalue weighted by Crippen LogP contribution is 2.04. The summed E-state index contributed by atoms with van der Waals surface area (Å²) in [7, 11) is -2.74. The second-order valence-corrected chi connectivity index (χ2v) is 4.84. The van der Waals surface area contributed by atoms with Gasteiger partial charge in [-0.05, 0) is 11.8 Å². The van der Waals surface area contributed by atoms with Gasteiger partial charge in [0.25, 0.3) is 0 Å². The highest BCUT2D eigenvalue weighted by atomic mass is 35.5. The van der Waals surface area contributed by atoms with Gasteiger partial charge in [0.2, 0.25) is 0 Å². The Kier molecular flexibility index (Phi) is 1.98. The third kappa shape index (κ3) is 2.12. The zero-order valence-corrected chi connectivity index (χ0v) is 6.45. The predicted molar refractivity (Wildman–Crippen MR) is 36.1 cm³/mol. The van der Waals surface area contributed by atoms with E-state index in [-0.39, 0.29) is 11.5 Å². The smallest absolute Gasteiger partial charge is 0.152 e. The van der Waals surface area contributed by atoms with Crippen LogP contribution < -0.4 is 0 Å². The minimum atomic E-state index is -2.74. The fourth-order valence-corrected chi connectivity index (χ4v) is 2.26. The van der Waals surface area contributed by atoms with E-state index < -0.39 is 9.84 Å². The van der Waals surface area contributed by atoms with Gasteiger partial charge in [-0.1, -0.05) is 0 Å². The van der Waals surface area contributed by atoms with Crippen molar-refractivity contribution in [1.29, 1.82) is 0 Å². The molecule has 5 heteroatoms. The summed E-state index contributed by atoms with van der Waals surface area (Å²) in [5.74, 6) is 0.410. The summed E-state index contributed by atoms with van der Waals surface area (Å²) < 4.78 is 22.9. The Bertz CT molecular complexity index is 175. The van der Waals surface area contributed by atoms with Crippen molar-refractivity contribution in [2.75, 3.05) is 24.6 Å². The number of hydrogen-bond acceptors (Lipinski definition) is 3. The number of nitrogens with zero attached hydrogens (tertiary/aromatic N) is 1. The summed E-state index contributed by atoms with van der Waals surface area (Å²) >= 11 is 5.51. The first-order valence-electron chi connectivity index (χ1n) is 2.71. The Labute approximate surface area is 59.6 Å². The van der Waals surface area contributed by atoms with Gasteiger partial charge in [0.05, 0.1) is 11.5 Å². The summed E-state index contributed by atoms with van der Waals surface area (Å²) in [6.45, 7) is 0.924. The molecular formula is C4H8ClNO2S. The first-order chi connectivity index (χ1) is 4.10. The molecule has 54 valence electrons. The van der Waals surface area contributed by atoms with Crippen molar-refractivity contribution in [1.82, 2.24) is 4.42 Å². The molecule has 1 aliphatic rings. The molecule has 1 heterocycles. The summed E-state index contributed by atoms with van der Waals surface area (Å²) in [5.41, 5.74) is 0. The zero-order valence-electron chi connectivity index (χ0n) is 4.88. The van der Waals surface area contributed by atoms with Crippen LogP contribution in [0.4, 0.5) is 0 Å². The summed E-state index contributed by atoms with van der Waals surface area (Å²) in [5, 5.41) is 0. The first-order valence-corrected chi connectivity index (χ1v) is 4.87. The molecule has 9 heavy (non-hydrogen) atoms. The minimum Gasteiger partial charge on any atom is -0.229 e. The molecule has 0 unspecified atom stereocenters. The molecule has 1 saturated heterocycles. The van der Waals surface area contributed by atoms with Crippen molar-refractivity contribution in [2.24, 2.45) is 0 Å². The number of hydrogen-bond donors (Lipinski definition) is 0. The monoisotopic (exact) mass is 169 g/mol. The van der Waals surface area contributed by atoms with E-state index in [1.54, 1.807) is 0 Å². The molecule has 0 saturated carbocycles. The van der Waals surface area contributed by atoms with Crippen molar-refractivity contribution in [2.45, 2.75) is 0 Å². The second-order valence-electron chi connectivity index (χ2n) is 2.06.